The molecule has 0 heterocycles. The van der Waals surface area contributed by atoms with Crippen molar-refractivity contribution in [3.63, 3.8) is 0 Å². The van der Waals surface area contributed by atoms with Crippen LogP contribution in [0.3, 0.4) is 0 Å². The molecule has 1 aromatic rings. The molecule has 15 heavy (non-hydrogen) atoms. The molecule has 1 nitrogen and oxygen atoms in total. The number of hydrogen-bond acceptors (Lipinski definition) is 1. The molecule has 1 aromatic carbocycles. The minimum absolute atomic E-state index is 0.191. The van der Waals surface area contributed by atoms with Gasteiger partial charge < -0.3 is 5.32 Å². The SMILES string of the molecule is CC#CCCNc1cc(F)c(C)cc1F. The molecule has 0 fully saturated rings. The van der Waals surface area contributed by atoms with Crippen molar-refractivity contribution >= 4 is 5.69 Å². The number of anilines is 1. The lowest BCUT2D eigenvalue weighted by atomic mass is 10.2. The van der Waals surface area contributed by atoms with E-state index in [4.69, 9.17) is 0 Å². The van der Waals surface area contributed by atoms with Crippen LogP contribution in [-0.4, -0.2) is 6.54 Å². The Morgan fingerprint density at radius 1 is 1.27 bits per heavy atom. The van der Waals surface area contributed by atoms with Crippen molar-refractivity contribution < 1.29 is 8.78 Å². The van der Waals surface area contributed by atoms with Gasteiger partial charge in [-0.3, -0.25) is 0 Å². The van der Waals surface area contributed by atoms with E-state index in [-0.39, 0.29) is 5.69 Å². The average molecular weight is 209 g/mol. The predicted octanol–water partition coefficient (Wildman–Crippen LogP) is 3.10. The minimum Gasteiger partial charge on any atom is -0.382 e. The summed E-state index contributed by atoms with van der Waals surface area (Å²) in [6.07, 6.45) is 0.617. The summed E-state index contributed by atoms with van der Waals surface area (Å²) in [4.78, 5) is 0. The van der Waals surface area contributed by atoms with E-state index in [1.54, 1.807) is 6.92 Å². The van der Waals surface area contributed by atoms with E-state index >= 15 is 0 Å². The molecule has 0 spiro atoms. The summed E-state index contributed by atoms with van der Waals surface area (Å²) in [5, 5.41) is 2.80. The molecule has 1 N–H and O–H groups in total. The van der Waals surface area contributed by atoms with Crippen LogP contribution in [0.15, 0.2) is 12.1 Å². The van der Waals surface area contributed by atoms with Crippen molar-refractivity contribution in [2.75, 3.05) is 11.9 Å². The largest absolute Gasteiger partial charge is 0.382 e. The van der Waals surface area contributed by atoms with E-state index in [2.05, 4.69) is 17.2 Å². The summed E-state index contributed by atoms with van der Waals surface area (Å²) in [6.45, 7) is 3.79. The van der Waals surface area contributed by atoms with E-state index in [1.165, 1.54) is 19.1 Å². The van der Waals surface area contributed by atoms with Crippen LogP contribution >= 0.6 is 0 Å². The fourth-order valence-corrected chi connectivity index (χ4v) is 1.17. The first kappa shape index (κ1) is 11.5. The summed E-state index contributed by atoms with van der Waals surface area (Å²) in [5.41, 5.74) is 0.502. The summed E-state index contributed by atoms with van der Waals surface area (Å²) in [7, 11) is 0. The highest BCUT2D eigenvalue weighted by molar-refractivity contribution is 5.46. The van der Waals surface area contributed by atoms with Gasteiger partial charge in [0.25, 0.3) is 0 Å². The number of benzene rings is 1. The van der Waals surface area contributed by atoms with Crippen molar-refractivity contribution in [1.29, 1.82) is 0 Å². The zero-order chi connectivity index (χ0) is 11.3. The first-order valence-electron chi connectivity index (χ1n) is 4.74. The predicted molar refractivity (Wildman–Crippen MR) is 57.7 cm³/mol. The Kier molecular flexibility index (Phi) is 4.11. The monoisotopic (exact) mass is 209 g/mol. The Bertz CT molecular complexity index is 402. The van der Waals surface area contributed by atoms with Crippen LogP contribution in [0.4, 0.5) is 14.5 Å². The molecule has 0 radical (unpaired) electrons. The number of halogens is 2. The second-order valence-electron chi connectivity index (χ2n) is 3.18. The van der Waals surface area contributed by atoms with Gasteiger partial charge in [0.15, 0.2) is 0 Å². The number of nitrogens with one attached hydrogen (secondary N) is 1. The van der Waals surface area contributed by atoms with Gasteiger partial charge in [-0.1, -0.05) is 0 Å². The van der Waals surface area contributed by atoms with Gasteiger partial charge >= 0.3 is 0 Å². The van der Waals surface area contributed by atoms with Gasteiger partial charge in [-0.2, -0.15) is 0 Å². The van der Waals surface area contributed by atoms with E-state index in [1.807, 2.05) is 0 Å². The van der Waals surface area contributed by atoms with Crippen LogP contribution in [0, 0.1) is 30.4 Å². The molecular weight excluding hydrogens is 196 g/mol. The van der Waals surface area contributed by atoms with Crippen molar-refractivity contribution in [2.45, 2.75) is 20.3 Å². The highest BCUT2D eigenvalue weighted by atomic mass is 19.1. The zero-order valence-corrected chi connectivity index (χ0v) is 8.82. The van der Waals surface area contributed by atoms with Gasteiger partial charge in [0, 0.05) is 19.0 Å². The lowest BCUT2D eigenvalue weighted by Gasteiger charge is -2.07. The standard InChI is InChI=1S/C12H13F2N/c1-3-4-5-6-15-12-8-10(13)9(2)7-11(12)14/h7-8,15H,5-6H2,1-2H3. The molecule has 0 atom stereocenters. The zero-order valence-electron chi connectivity index (χ0n) is 8.82. The molecular formula is C12H13F2N. The molecule has 0 bridgehead atoms. The van der Waals surface area contributed by atoms with Gasteiger partial charge in [0.1, 0.15) is 11.6 Å². The lowest BCUT2D eigenvalue weighted by molar-refractivity contribution is 0.594. The Balaban J connectivity index is 2.67. The first-order valence-corrected chi connectivity index (χ1v) is 4.74. The van der Waals surface area contributed by atoms with Crippen molar-refractivity contribution in [3.05, 3.63) is 29.3 Å². The van der Waals surface area contributed by atoms with Crippen molar-refractivity contribution in [3.8, 4) is 11.8 Å². The van der Waals surface area contributed by atoms with Crippen LogP contribution in [-0.2, 0) is 0 Å². The normalized spacial score (nSPS) is 9.33. The first-order chi connectivity index (χ1) is 7.15. The van der Waals surface area contributed by atoms with E-state index in [0.717, 1.165) is 0 Å². The Morgan fingerprint density at radius 3 is 2.67 bits per heavy atom. The van der Waals surface area contributed by atoms with Crippen LogP contribution in [0.1, 0.15) is 18.9 Å². The minimum atomic E-state index is -0.432. The molecule has 0 aliphatic rings. The second-order valence-corrected chi connectivity index (χ2v) is 3.18. The molecule has 0 aliphatic carbocycles. The maximum Gasteiger partial charge on any atom is 0.146 e. The molecule has 0 aromatic heterocycles. The van der Waals surface area contributed by atoms with Gasteiger partial charge in [-0.05, 0) is 25.5 Å². The average Bonchev–Trinajstić information content (AvgIpc) is 2.20. The second kappa shape index (κ2) is 5.35. The third-order valence-corrected chi connectivity index (χ3v) is 1.99. The Labute approximate surface area is 88.5 Å². The molecule has 0 amide bonds. The highest BCUT2D eigenvalue weighted by Gasteiger charge is 2.05. The maximum absolute atomic E-state index is 13.3. The quantitative estimate of drug-likeness (QED) is 0.595. The molecule has 1 rings (SSSR count). The van der Waals surface area contributed by atoms with E-state index in [0.29, 0.717) is 18.5 Å². The third kappa shape index (κ3) is 3.25. The van der Waals surface area contributed by atoms with Crippen LogP contribution < -0.4 is 5.32 Å². The fraction of sp³-hybridized carbons (Fsp3) is 0.333. The summed E-state index contributed by atoms with van der Waals surface area (Å²) >= 11 is 0. The summed E-state index contributed by atoms with van der Waals surface area (Å²) in [6, 6.07) is 2.35. The van der Waals surface area contributed by atoms with Crippen LogP contribution in [0.25, 0.3) is 0 Å². The number of aryl methyl sites for hydroxylation is 1. The van der Waals surface area contributed by atoms with E-state index < -0.39 is 11.6 Å². The van der Waals surface area contributed by atoms with Gasteiger partial charge in [0.05, 0.1) is 5.69 Å². The summed E-state index contributed by atoms with van der Waals surface area (Å²) in [5.74, 6) is 4.73. The van der Waals surface area contributed by atoms with Gasteiger partial charge in [-0.15, -0.1) is 11.8 Å². The highest BCUT2D eigenvalue weighted by Crippen LogP contribution is 2.18. The van der Waals surface area contributed by atoms with Gasteiger partial charge in [-0.25, -0.2) is 8.78 Å². The van der Waals surface area contributed by atoms with Gasteiger partial charge in [0.2, 0.25) is 0 Å². The third-order valence-electron chi connectivity index (χ3n) is 1.99. The van der Waals surface area contributed by atoms with Crippen molar-refractivity contribution in [2.24, 2.45) is 0 Å². The molecule has 0 saturated carbocycles. The Hall–Kier alpha value is -1.56. The Morgan fingerprint density at radius 2 is 2.00 bits per heavy atom. The fourth-order valence-electron chi connectivity index (χ4n) is 1.17. The molecule has 80 valence electrons. The molecule has 3 heteroatoms. The maximum atomic E-state index is 13.3. The number of hydrogen-bond donors (Lipinski definition) is 1. The molecule has 0 saturated heterocycles. The smallest absolute Gasteiger partial charge is 0.146 e. The topological polar surface area (TPSA) is 12.0 Å². The van der Waals surface area contributed by atoms with Crippen molar-refractivity contribution in [1.82, 2.24) is 0 Å². The van der Waals surface area contributed by atoms with Crippen LogP contribution in [0.5, 0.6) is 0 Å². The molecule has 0 unspecified atom stereocenters. The van der Waals surface area contributed by atoms with E-state index in [9.17, 15) is 8.78 Å². The number of rotatable bonds is 3. The van der Waals surface area contributed by atoms with Crippen LogP contribution in [0.2, 0.25) is 0 Å². The summed E-state index contributed by atoms with van der Waals surface area (Å²) < 4.78 is 26.4. The lowest BCUT2D eigenvalue weighted by Crippen LogP contribution is -2.03. The molecule has 0 aliphatic heterocycles.